The molecule has 0 aliphatic carbocycles. The second-order valence-corrected chi connectivity index (χ2v) is 4.63. The molecule has 0 bridgehead atoms. The fraction of sp³-hybridized carbons (Fsp3) is 0.800. The van der Waals surface area contributed by atoms with E-state index in [-0.39, 0.29) is 6.04 Å². The summed E-state index contributed by atoms with van der Waals surface area (Å²) in [6, 6.07) is 0.116. The van der Waals surface area contributed by atoms with Gasteiger partial charge in [0, 0.05) is 13.7 Å². The Bertz CT molecular complexity index is 305. The molecule has 0 aromatic carbocycles. The fourth-order valence-corrected chi connectivity index (χ4v) is 2.60. The molecule has 2 unspecified atom stereocenters. The smallest absolute Gasteiger partial charge is 0.0801 e. The van der Waals surface area contributed by atoms with Crippen LogP contribution in [0.2, 0.25) is 0 Å². The highest BCUT2D eigenvalue weighted by Gasteiger charge is 2.22. The van der Waals surface area contributed by atoms with Gasteiger partial charge < -0.3 is 4.74 Å². The number of hydrazine groups is 1. The van der Waals surface area contributed by atoms with Crippen LogP contribution < -0.4 is 11.3 Å². The first-order valence-corrected chi connectivity index (χ1v) is 6.28. The highest BCUT2D eigenvalue weighted by atomic mass is 32.1. The second-order valence-electron chi connectivity index (χ2n) is 3.84. The molecule has 0 saturated carbocycles. The van der Waals surface area contributed by atoms with Crippen molar-refractivity contribution in [1.29, 1.82) is 0 Å². The van der Waals surface area contributed by atoms with Gasteiger partial charge in [-0.1, -0.05) is 18.3 Å². The molecular formula is C10H20N4OS. The number of nitrogens with zero attached hydrogens (tertiary/aromatic N) is 2. The van der Waals surface area contributed by atoms with E-state index in [2.05, 4.69) is 28.9 Å². The first-order valence-electron chi connectivity index (χ1n) is 5.50. The highest BCUT2D eigenvalue weighted by molar-refractivity contribution is 7.05. The predicted octanol–water partition coefficient (Wildman–Crippen LogP) is 1.28. The van der Waals surface area contributed by atoms with Crippen LogP contribution in [-0.2, 0) is 11.2 Å². The molecule has 0 aliphatic heterocycles. The topological polar surface area (TPSA) is 73.1 Å². The minimum absolute atomic E-state index is 0.116. The Morgan fingerprint density at radius 2 is 2.31 bits per heavy atom. The van der Waals surface area contributed by atoms with Crippen LogP contribution in [0.25, 0.3) is 0 Å². The molecular weight excluding hydrogens is 224 g/mol. The average Bonchev–Trinajstić information content (AvgIpc) is 2.75. The average molecular weight is 244 g/mol. The van der Waals surface area contributed by atoms with Gasteiger partial charge in [-0.3, -0.25) is 11.3 Å². The minimum Gasteiger partial charge on any atom is -0.385 e. The van der Waals surface area contributed by atoms with Gasteiger partial charge in [0.1, 0.15) is 0 Å². The maximum atomic E-state index is 5.62. The molecule has 1 heterocycles. The molecule has 0 aliphatic rings. The predicted molar refractivity (Wildman–Crippen MR) is 65.0 cm³/mol. The molecule has 92 valence electrons. The second kappa shape index (κ2) is 6.90. The van der Waals surface area contributed by atoms with E-state index >= 15 is 0 Å². The number of methoxy groups -OCH3 is 1. The number of hydrogen-bond donors (Lipinski definition) is 2. The van der Waals surface area contributed by atoms with Gasteiger partial charge in [-0.05, 0) is 30.3 Å². The van der Waals surface area contributed by atoms with Crippen LogP contribution in [0.15, 0.2) is 0 Å². The van der Waals surface area contributed by atoms with Gasteiger partial charge in [-0.25, -0.2) is 0 Å². The summed E-state index contributed by atoms with van der Waals surface area (Å²) < 4.78 is 9.07. The largest absolute Gasteiger partial charge is 0.385 e. The van der Waals surface area contributed by atoms with Gasteiger partial charge in [0.25, 0.3) is 0 Å². The molecule has 3 N–H and O–H groups in total. The first kappa shape index (κ1) is 13.5. The Hall–Kier alpha value is -0.560. The van der Waals surface area contributed by atoms with Gasteiger partial charge in [0.2, 0.25) is 0 Å². The summed E-state index contributed by atoms with van der Waals surface area (Å²) in [5.74, 6) is 6.02. The number of hydrogen-bond acceptors (Lipinski definition) is 6. The van der Waals surface area contributed by atoms with Gasteiger partial charge in [0.05, 0.1) is 16.6 Å². The number of aryl methyl sites for hydroxylation is 1. The van der Waals surface area contributed by atoms with E-state index in [1.807, 2.05) is 0 Å². The van der Waals surface area contributed by atoms with Crippen LogP contribution >= 0.6 is 11.5 Å². The van der Waals surface area contributed by atoms with Crippen LogP contribution in [0, 0.1) is 5.92 Å². The third-order valence-electron chi connectivity index (χ3n) is 2.73. The summed E-state index contributed by atoms with van der Waals surface area (Å²) in [5, 5.41) is 4.11. The molecule has 0 saturated heterocycles. The van der Waals surface area contributed by atoms with Crippen molar-refractivity contribution in [2.75, 3.05) is 13.7 Å². The van der Waals surface area contributed by atoms with Crippen LogP contribution in [0.5, 0.6) is 0 Å². The summed E-state index contributed by atoms with van der Waals surface area (Å²) in [6.45, 7) is 4.98. The molecule has 0 fully saturated rings. The Morgan fingerprint density at radius 3 is 2.88 bits per heavy atom. The van der Waals surface area contributed by atoms with Gasteiger partial charge in [-0.15, -0.1) is 5.10 Å². The first-order chi connectivity index (χ1) is 7.74. The van der Waals surface area contributed by atoms with Gasteiger partial charge in [0.15, 0.2) is 0 Å². The van der Waals surface area contributed by atoms with Crippen LogP contribution in [0.4, 0.5) is 0 Å². The third kappa shape index (κ3) is 3.21. The van der Waals surface area contributed by atoms with Crippen molar-refractivity contribution in [3.8, 4) is 0 Å². The Kier molecular flexibility index (Phi) is 5.83. The van der Waals surface area contributed by atoms with E-state index in [1.54, 1.807) is 7.11 Å². The van der Waals surface area contributed by atoms with Crippen LogP contribution in [0.3, 0.4) is 0 Å². The molecule has 6 heteroatoms. The lowest BCUT2D eigenvalue weighted by atomic mass is 9.96. The summed E-state index contributed by atoms with van der Waals surface area (Å²) in [7, 11) is 1.71. The number of rotatable bonds is 7. The monoisotopic (exact) mass is 244 g/mol. The summed E-state index contributed by atoms with van der Waals surface area (Å²) in [6.07, 6.45) is 1.85. The van der Waals surface area contributed by atoms with E-state index < -0.39 is 0 Å². The van der Waals surface area contributed by atoms with E-state index in [0.717, 1.165) is 30.0 Å². The van der Waals surface area contributed by atoms with E-state index in [0.29, 0.717) is 5.92 Å². The Labute approximate surface area is 101 Å². The summed E-state index contributed by atoms with van der Waals surface area (Å²) in [5.41, 5.74) is 3.90. The maximum absolute atomic E-state index is 5.62. The number of nitrogens with one attached hydrogen (secondary N) is 1. The highest BCUT2D eigenvalue weighted by Crippen LogP contribution is 2.28. The fourth-order valence-electron chi connectivity index (χ4n) is 1.67. The van der Waals surface area contributed by atoms with E-state index in [4.69, 9.17) is 10.6 Å². The normalized spacial score (nSPS) is 15.0. The van der Waals surface area contributed by atoms with Gasteiger partial charge in [-0.2, -0.15) is 0 Å². The lowest BCUT2D eigenvalue weighted by Gasteiger charge is -2.22. The van der Waals surface area contributed by atoms with Crippen molar-refractivity contribution in [2.45, 2.75) is 32.7 Å². The van der Waals surface area contributed by atoms with Crippen molar-refractivity contribution in [3.05, 3.63) is 10.6 Å². The van der Waals surface area contributed by atoms with Gasteiger partial charge >= 0.3 is 0 Å². The van der Waals surface area contributed by atoms with Crippen molar-refractivity contribution < 1.29 is 4.74 Å². The lowest BCUT2D eigenvalue weighted by molar-refractivity contribution is 0.170. The summed E-state index contributed by atoms with van der Waals surface area (Å²) in [4.78, 5) is 1.15. The molecule has 1 rings (SSSR count). The zero-order valence-electron chi connectivity index (χ0n) is 10.1. The molecule has 0 amide bonds. The van der Waals surface area contributed by atoms with Crippen molar-refractivity contribution in [2.24, 2.45) is 11.8 Å². The SMILES string of the molecule is CCc1nnsc1C(NN)C(C)CCOC. The number of ether oxygens (including phenoxy) is 1. The number of nitrogens with two attached hydrogens (primary N) is 1. The minimum atomic E-state index is 0.116. The number of aromatic nitrogens is 2. The molecule has 0 radical (unpaired) electrons. The molecule has 5 nitrogen and oxygen atoms in total. The molecule has 1 aromatic rings. The third-order valence-corrected chi connectivity index (χ3v) is 3.58. The van der Waals surface area contributed by atoms with Crippen LogP contribution in [-0.4, -0.2) is 23.3 Å². The van der Waals surface area contributed by atoms with Crippen molar-refractivity contribution >= 4 is 11.5 Å². The quantitative estimate of drug-likeness (QED) is 0.558. The molecule has 16 heavy (non-hydrogen) atoms. The molecule has 2 atom stereocenters. The Morgan fingerprint density at radius 1 is 1.56 bits per heavy atom. The van der Waals surface area contributed by atoms with Crippen LogP contribution in [0.1, 0.15) is 36.9 Å². The van der Waals surface area contributed by atoms with E-state index in [9.17, 15) is 0 Å². The molecule has 0 spiro atoms. The molecule has 1 aromatic heterocycles. The lowest BCUT2D eigenvalue weighted by Crippen LogP contribution is -2.33. The standard InChI is InChI=1S/C10H20N4OS/c1-4-8-10(16-14-13-8)9(12-11)7(2)5-6-15-3/h7,9,12H,4-6,11H2,1-3H3. The van der Waals surface area contributed by atoms with E-state index in [1.165, 1.54) is 11.5 Å². The Balaban J connectivity index is 2.73. The van der Waals surface area contributed by atoms with Crippen molar-refractivity contribution in [3.63, 3.8) is 0 Å². The zero-order valence-corrected chi connectivity index (χ0v) is 10.9. The maximum Gasteiger partial charge on any atom is 0.0801 e. The summed E-state index contributed by atoms with van der Waals surface area (Å²) >= 11 is 1.42. The van der Waals surface area contributed by atoms with Crippen molar-refractivity contribution in [1.82, 2.24) is 15.0 Å². The zero-order chi connectivity index (χ0) is 12.0.